The minimum atomic E-state index is -0.564. The summed E-state index contributed by atoms with van der Waals surface area (Å²) in [5.74, 6) is -0.353. The number of esters is 1. The van der Waals surface area contributed by atoms with Gasteiger partial charge in [0, 0.05) is 17.1 Å². The smallest absolute Gasteiger partial charge is 0.340 e. The van der Waals surface area contributed by atoms with Crippen LogP contribution >= 0.6 is 0 Å². The standard InChI is InChI=1S/C27H27N3O2/c1-17-11-12-24(22(14-17)26(31)32-27(3,4)5)30-19-15-18(2)25(29-16-19)21-8-6-10-23-20(21)9-7-13-28-23/h6-16,30H,1-5H3. The van der Waals surface area contributed by atoms with Crippen molar-refractivity contribution < 1.29 is 9.53 Å². The molecule has 0 aliphatic heterocycles. The monoisotopic (exact) mass is 425 g/mol. The van der Waals surface area contributed by atoms with Gasteiger partial charge in [-0.05, 0) is 70.5 Å². The van der Waals surface area contributed by atoms with Gasteiger partial charge < -0.3 is 10.1 Å². The van der Waals surface area contributed by atoms with E-state index < -0.39 is 5.60 Å². The van der Waals surface area contributed by atoms with E-state index >= 15 is 0 Å². The number of carbonyl (C=O) groups excluding carboxylic acids is 1. The van der Waals surface area contributed by atoms with Gasteiger partial charge in [-0.3, -0.25) is 9.97 Å². The molecule has 4 aromatic rings. The van der Waals surface area contributed by atoms with Crippen LogP contribution < -0.4 is 5.32 Å². The third kappa shape index (κ3) is 4.62. The zero-order chi connectivity index (χ0) is 22.9. The molecule has 0 amide bonds. The zero-order valence-corrected chi connectivity index (χ0v) is 19.1. The number of aromatic nitrogens is 2. The molecule has 162 valence electrons. The van der Waals surface area contributed by atoms with Crippen LogP contribution in [0.1, 0.15) is 42.3 Å². The molecule has 0 saturated carbocycles. The molecule has 1 N–H and O–H groups in total. The highest BCUT2D eigenvalue weighted by Crippen LogP contribution is 2.31. The molecule has 5 nitrogen and oxygen atoms in total. The van der Waals surface area contributed by atoms with Gasteiger partial charge in [0.05, 0.1) is 34.3 Å². The number of benzene rings is 2. The fourth-order valence-electron chi connectivity index (χ4n) is 3.66. The number of hydrogen-bond donors (Lipinski definition) is 1. The summed E-state index contributed by atoms with van der Waals surface area (Å²) in [6.45, 7) is 9.58. The molecule has 0 aliphatic rings. The number of hydrogen-bond acceptors (Lipinski definition) is 5. The molecular formula is C27H27N3O2. The van der Waals surface area contributed by atoms with E-state index in [-0.39, 0.29) is 5.97 Å². The summed E-state index contributed by atoms with van der Waals surface area (Å²) in [6, 6.07) is 17.8. The van der Waals surface area contributed by atoms with Gasteiger partial charge in [-0.15, -0.1) is 0 Å². The second-order valence-electron chi connectivity index (χ2n) is 8.94. The predicted octanol–water partition coefficient (Wildman–Crippen LogP) is 6.61. The number of fused-ring (bicyclic) bond motifs is 1. The molecule has 2 heterocycles. The summed E-state index contributed by atoms with van der Waals surface area (Å²) in [6.07, 6.45) is 3.58. The molecule has 32 heavy (non-hydrogen) atoms. The van der Waals surface area contributed by atoms with Crippen LogP contribution in [-0.2, 0) is 4.74 Å². The molecule has 0 spiro atoms. The number of aryl methyl sites for hydroxylation is 2. The lowest BCUT2D eigenvalue weighted by atomic mass is 10.0. The lowest BCUT2D eigenvalue weighted by molar-refractivity contribution is 0.00706. The van der Waals surface area contributed by atoms with Crippen molar-refractivity contribution in [2.45, 2.75) is 40.2 Å². The van der Waals surface area contributed by atoms with Crippen LogP contribution in [0.5, 0.6) is 0 Å². The highest BCUT2D eigenvalue weighted by Gasteiger charge is 2.21. The Morgan fingerprint density at radius 1 is 0.969 bits per heavy atom. The predicted molar refractivity (Wildman–Crippen MR) is 129 cm³/mol. The number of anilines is 2. The molecule has 2 aromatic carbocycles. The van der Waals surface area contributed by atoms with Gasteiger partial charge in [0.1, 0.15) is 5.60 Å². The zero-order valence-electron chi connectivity index (χ0n) is 19.1. The van der Waals surface area contributed by atoms with Gasteiger partial charge in [0.2, 0.25) is 0 Å². The van der Waals surface area contributed by atoms with E-state index in [2.05, 4.69) is 22.4 Å². The highest BCUT2D eigenvalue weighted by atomic mass is 16.6. The summed E-state index contributed by atoms with van der Waals surface area (Å²) in [5, 5.41) is 4.41. The van der Waals surface area contributed by atoms with E-state index in [1.165, 1.54) is 0 Å². The average molecular weight is 426 g/mol. The first-order valence-electron chi connectivity index (χ1n) is 10.6. The third-order valence-corrected chi connectivity index (χ3v) is 5.05. The van der Waals surface area contributed by atoms with Crippen molar-refractivity contribution in [1.29, 1.82) is 0 Å². The van der Waals surface area contributed by atoms with E-state index in [1.807, 2.05) is 77.1 Å². The first kappa shape index (κ1) is 21.5. The molecular weight excluding hydrogens is 398 g/mol. The van der Waals surface area contributed by atoms with Crippen LogP contribution in [0.4, 0.5) is 11.4 Å². The van der Waals surface area contributed by atoms with Crippen molar-refractivity contribution in [3.05, 3.63) is 83.7 Å². The number of nitrogens with zero attached hydrogens (tertiary/aromatic N) is 2. The molecule has 0 unspecified atom stereocenters. The Bertz CT molecular complexity index is 1300. The minimum absolute atomic E-state index is 0.353. The summed E-state index contributed by atoms with van der Waals surface area (Å²) >= 11 is 0. The van der Waals surface area contributed by atoms with Gasteiger partial charge in [-0.1, -0.05) is 29.8 Å². The van der Waals surface area contributed by atoms with Crippen molar-refractivity contribution in [2.75, 3.05) is 5.32 Å². The largest absolute Gasteiger partial charge is 0.456 e. The average Bonchev–Trinajstić information content (AvgIpc) is 2.74. The highest BCUT2D eigenvalue weighted by molar-refractivity contribution is 5.97. The van der Waals surface area contributed by atoms with Gasteiger partial charge in [-0.25, -0.2) is 4.79 Å². The minimum Gasteiger partial charge on any atom is -0.456 e. The maximum Gasteiger partial charge on any atom is 0.340 e. The quantitative estimate of drug-likeness (QED) is 0.373. The molecule has 0 saturated heterocycles. The van der Waals surface area contributed by atoms with Crippen molar-refractivity contribution in [2.24, 2.45) is 0 Å². The summed E-state index contributed by atoms with van der Waals surface area (Å²) in [4.78, 5) is 22.0. The molecule has 0 radical (unpaired) electrons. The lowest BCUT2D eigenvalue weighted by Gasteiger charge is -2.21. The summed E-state index contributed by atoms with van der Waals surface area (Å²) in [5.41, 5.74) is 6.34. The first-order valence-corrected chi connectivity index (χ1v) is 10.6. The van der Waals surface area contributed by atoms with Gasteiger partial charge in [-0.2, -0.15) is 0 Å². The summed E-state index contributed by atoms with van der Waals surface area (Å²) in [7, 11) is 0. The van der Waals surface area contributed by atoms with Gasteiger partial charge in [0.15, 0.2) is 0 Å². The Morgan fingerprint density at radius 2 is 1.78 bits per heavy atom. The van der Waals surface area contributed by atoms with E-state index in [1.54, 1.807) is 12.4 Å². The molecule has 4 rings (SSSR count). The maximum atomic E-state index is 12.8. The van der Waals surface area contributed by atoms with Crippen LogP contribution in [0, 0.1) is 13.8 Å². The Morgan fingerprint density at radius 3 is 2.53 bits per heavy atom. The van der Waals surface area contributed by atoms with E-state index in [0.29, 0.717) is 11.3 Å². The lowest BCUT2D eigenvalue weighted by Crippen LogP contribution is -2.24. The Kier molecular flexibility index (Phi) is 5.66. The maximum absolute atomic E-state index is 12.8. The molecule has 0 bridgehead atoms. The fraction of sp³-hybridized carbons (Fsp3) is 0.222. The van der Waals surface area contributed by atoms with E-state index in [9.17, 15) is 4.79 Å². The van der Waals surface area contributed by atoms with E-state index in [0.717, 1.165) is 39.0 Å². The number of carbonyl (C=O) groups is 1. The molecule has 2 aromatic heterocycles. The van der Waals surface area contributed by atoms with Crippen LogP contribution in [0.15, 0.2) is 67.0 Å². The Balaban J connectivity index is 1.67. The van der Waals surface area contributed by atoms with Crippen LogP contribution in [0.3, 0.4) is 0 Å². The second kappa shape index (κ2) is 8.42. The number of ether oxygens (including phenoxy) is 1. The Labute approximate surface area is 188 Å². The Hall–Kier alpha value is -3.73. The second-order valence-corrected chi connectivity index (χ2v) is 8.94. The first-order chi connectivity index (χ1) is 15.2. The number of rotatable bonds is 4. The van der Waals surface area contributed by atoms with Crippen molar-refractivity contribution in [3.8, 4) is 11.3 Å². The topological polar surface area (TPSA) is 64.1 Å². The summed E-state index contributed by atoms with van der Waals surface area (Å²) < 4.78 is 5.60. The fourth-order valence-corrected chi connectivity index (χ4v) is 3.66. The molecule has 0 atom stereocenters. The van der Waals surface area contributed by atoms with Crippen molar-refractivity contribution >= 4 is 28.2 Å². The number of pyridine rings is 2. The van der Waals surface area contributed by atoms with Crippen molar-refractivity contribution in [1.82, 2.24) is 9.97 Å². The number of nitrogens with one attached hydrogen (secondary N) is 1. The van der Waals surface area contributed by atoms with Crippen molar-refractivity contribution in [3.63, 3.8) is 0 Å². The molecule has 0 aliphatic carbocycles. The van der Waals surface area contributed by atoms with Crippen LogP contribution in [0.25, 0.3) is 22.2 Å². The molecule has 0 fully saturated rings. The van der Waals surface area contributed by atoms with Crippen LogP contribution in [-0.4, -0.2) is 21.5 Å². The van der Waals surface area contributed by atoms with E-state index in [4.69, 9.17) is 9.72 Å². The van der Waals surface area contributed by atoms with Gasteiger partial charge >= 0.3 is 5.97 Å². The van der Waals surface area contributed by atoms with Gasteiger partial charge in [0.25, 0.3) is 0 Å². The van der Waals surface area contributed by atoms with Crippen LogP contribution in [0.2, 0.25) is 0 Å². The molecule has 5 heteroatoms. The SMILES string of the molecule is Cc1ccc(Nc2cnc(-c3cccc4ncccc34)c(C)c2)c(C(=O)OC(C)(C)C)c1. The normalized spacial score (nSPS) is 11.4. The third-order valence-electron chi connectivity index (χ3n) is 5.05.